The number of rotatable bonds is 3. The summed E-state index contributed by atoms with van der Waals surface area (Å²) in [4.78, 5) is 0. The summed E-state index contributed by atoms with van der Waals surface area (Å²) in [7, 11) is 0. The van der Waals surface area contributed by atoms with Crippen LogP contribution in [0.2, 0.25) is 0 Å². The van der Waals surface area contributed by atoms with Crippen molar-refractivity contribution in [3.8, 4) is 0 Å². The fraction of sp³-hybridized carbons (Fsp3) is 1.00. The molecule has 1 atom stereocenters. The maximum Gasteiger partial charge on any atom is 0.428 e. The molecule has 0 aliphatic carbocycles. The Bertz CT molecular complexity index is 151. The van der Waals surface area contributed by atoms with Gasteiger partial charge in [0, 0.05) is 6.92 Å². The summed E-state index contributed by atoms with van der Waals surface area (Å²) in [5, 5.41) is 0. The van der Waals surface area contributed by atoms with E-state index in [9.17, 15) is 26.3 Å². The van der Waals surface area contributed by atoms with Gasteiger partial charge in [-0.15, -0.1) is 0 Å². The topological polar surface area (TPSA) is 0 Å². The lowest BCUT2D eigenvalue weighted by atomic mass is 9.93. The van der Waals surface area contributed by atoms with E-state index in [-0.39, 0.29) is 13.3 Å². The molecule has 13 heavy (non-hydrogen) atoms. The molecule has 0 spiro atoms. The van der Waals surface area contributed by atoms with Crippen molar-refractivity contribution in [1.82, 2.24) is 0 Å². The van der Waals surface area contributed by atoms with Gasteiger partial charge in [-0.05, 0) is 6.42 Å². The zero-order valence-electron chi connectivity index (χ0n) is 7.18. The van der Waals surface area contributed by atoms with Gasteiger partial charge in [-0.3, -0.25) is 0 Å². The minimum absolute atomic E-state index is 0.0594. The van der Waals surface area contributed by atoms with Crippen LogP contribution in [0.3, 0.4) is 0 Å². The quantitative estimate of drug-likeness (QED) is 0.620. The normalized spacial score (nSPS) is 18.5. The molecule has 0 aliphatic heterocycles. The smallest absolute Gasteiger partial charge is 0.227 e. The second kappa shape index (κ2) is 3.38. The van der Waals surface area contributed by atoms with Crippen LogP contribution in [0.15, 0.2) is 0 Å². The molecular weight excluding hydrogens is 198 g/mol. The standard InChI is InChI=1S/C7H10F6/c1-3-4-6(10,5(2,8)9)7(11,12)13/h3-4H2,1-2H3. The van der Waals surface area contributed by atoms with Gasteiger partial charge < -0.3 is 0 Å². The Morgan fingerprint density at radius 3 is 1.38 bits per heavy atom. The van der Waals surface area contributed by atoms with Gasteiger partial charge >= 0.3 is 6.18 Å². The lowest BCUT2D eigenvalue weighted by Gasteiger charge is -2.32. The lowest BCUT2D eigenvalue weighted by molar-refractivity contribution is -0.299. The van der Waals surface area contributed by atoms with E-state index in [2.05, 4.69) is 0 Å². The van der Waals surface area contributed by atoms with Crippen LogP contribution in [0.4, 0.5) is 26.3 Å². The van der Waals surface area contributed by atoms with E-state index in [0.717, 1.165) is 0 Å². The maximum atomic E-state index is 12.9. The van der Waals surface area contributed by atoms with Crippen LogP contribution >= 0.6 is 0 Å². The van der Waals surface area contributed by atoms with Crippen molar-refractivity contribution in [2.45, 2.75) is 44.5 Å². The number of hydrogen-bond acceptors (Lipinski definition) is 0. The molecule has 0 rings (SSSR count). The van der Waals surface area contributed by atoms with E-state index in [1.165, 1.54) is 6.92 Å². The zero-order chi connectivity index (χ0) is 10.9. The highest BCUT2D eigenvalue weighted by Crippen LogP contribution is 2.47. The lowest BCUT2D eigenvalue weighted by Crippen LogP contribution is -2.53. The molecule has 0 aromatic rings. The predicted octanol–water partition coefficient (Wildman–Crippen LogP) is 3.71. The SMILES string of the molecule is CCCC(F)(C(C)(F)F)C(F)(F)F. The Hall–Kier alpha value is -0.420. The molecule has 80 valence electrons. The summed E-state index contributed by atoms with van der Waals surface area (Å²) in [6.07, 6.45) is -7.04. The van der Waals surface area contributed by atoms with Crippen molar-refractivity contribution in [3.63, 3.8) is 0 Å². The first kappa shape index (κ1) is 12.6. The summed E-state index contributed by atoms with van der Waals surface area (Å²) in [5.41, 5.74) is -4.41. The first-order valence-corrected chi connectivity index (χ1v) is 3.69. The molecule has 0 saturated carbocycles. The van der Waals surface area contributed by atoms with Gasteiger partial charge in [-0.25, -0.2) is 13.2 Å². The Balaban J connectivity index is 4.96. The number of hydrogen-bond donors (Lipinski definition) is 0. The molecule has 6 heteroatoms. The molecule has 0 aromatic heterocycles. The molecule has 0 amide bonds. The van der Waals surface area contributed by atoms with Gasteiger partial charge in [0.2, 0.25) is 0 Å². The van der Waals surface area contributed by atoms with Gasteiger partial charge in [0.15, 0.2) is 0 Å². The Morgan fingerprint density at radius 2 is 1.31 bits per heavy atom. The maximum absolute atomic E-state index is 12.9. The third-order valence-corrected chi connectivity index (χ3v) is 1.74. The summed E-state index contributed by atoms with van der Waals surface area (Å²) in [6.45, 7) is 1.15. The van der Waals surface area contributed by atoms with Crippen LogP contribution in [0.5, 0.6) is 0 Å². The van der Waals surface area contributed by atoms with Crippen molar-refractivity contribution >= 4 is 0 Å². The average molecular weight is 208 g/mol. The highest BCUT2D eigenvalue weighted by Gasteiger charge is 2.67. The van der Waals surface area contributed by atoms with Gasteiger partial charge in [0.05, 0.1) is 0 Å². The number of halogens is 6. The highest BCUT2D eigenvalue weighted by molar-refractivity contribution is 4.96. The van der Waals surface area contributed by atoms with Crippen LogP contribution in [0.1, 0.15) is 26.7 Å². The monoisotopic (exact) mass is 208 g/mol. The minimum Gasteiger partial charge on any atom is -0.227 e. The van der Waals surface area contributed by atoms with Gasteiger partial charge in [0.25, 0.3) is 11.6 Å². The van der Waals surface area contributed by atoms with Gasteiger partial charge in [-0.1, -0.05) is 13.3 Å². The summed E-state index contributed by atoms with van der Waals surface area (Å²) in [5.74, 6) is -4.40. The molecule has 0 radical (unpaired) electrons. The average Bonchev–Trinajstić information content (AvgIpc) is 1.82. The molecule has 0 heterocycles. The first-order chi connectivity index (χ1) is 5.56. The summed E-state index contributed by atoms with van der Waals surface area (Å²) in [6, 6.07) is 0. The largest absolute Gasteiger partial charge is 0.428 e. The van der Waals surface area contributed by atoms with Crippen molar-refractivity contribution in [2.75, 3.05) is 0 Å². The number of alkyl halides is 6. The second-order valence-corrected chi connectivity index (χ2v) is 2.94. The highest BCUT2D eigenvalue weighted by atomic mass is 19.4. The molecule has 0 fully saturated rings. The van der Waals surface area contributed by atoms with E-state index in [4.69, 9.17) is 0 Å². The molecule has 0 aromatic carbocycles. The van der Waals surface area contributed by atoms with Gasteiger partial charge in [-0.2, -0.15) is 13.2 Å². The van der Waals surface area contributed by atoms with Gasteiger partial charge in [0.1, 0.15) is 0 Å². The Morgan fingerprint density at radius 1 is 0.923 bits per heavy atom. The third kappa shape index (κ3) is 2.28. The van der Waals surface area contributed by atoms with Crippen LogP contribution < -0.4 is 0 Å². The zero-order valence-corrected chi connectivity index (χ0v) is 7.18. The summed E-state index contributed by atoms with van der Waals surface area (Å²) >= 11 is 0. The van der Waals surface area contributed by atoms with Crippen LogP contribution in [0.25, 0.3) is 0 Å². The van der Waals surface area contributed by atoms with E-state index >= 15 is 0 Å². The first-order valence-electron chi connectivity index (χ1n) is 3.69. The van der Waals surface area contributed by atoms with E-state index in [1.807, 2.05) is 0 Å². The van der Waals surface area contributed by atoms with Crippen LogP contribution in [-0.2, 0) is 0 Å². The van der Waals surface area contributed by atoms with Crippen molar-refractivity contribution in [1.29, 1.82) is 0 Å². The van der Waals surface area contributed by atoms with E-state index in [1.54, 1.807) is 0 Å². The van der Waals surface area contributed by atoms with Crippen molar-refractivity contribution in [2.24, 2.45) is 0 Å². The van der Waals surface area contributed by atoms with Crippen molar-refractivity contribution < 1.29 is 26.3 Å². The molecular formula is C7H10F6. The van der Waals surface area contributed by atoms with Crippen LogP contribution in [0, 0.1) is 0 Å². The summed E-state index contributed by atoms with van der Waals surface area (Å²) < 4.78 is 73.4. The van der Waals surface area contributed by atoms with Crippen molar-refractivity contribution in [3.05, 3.63) is 0 Å². The van der Waals surface area contributed by atoms with Crippen LogP contribution in [-0.4, -0.2) is 17.8 Å². The fourth-order valence-electron chi connectivity index (χ4n) is 0.955. The molecule has 0 N–H and O–H groups in total. The van der Waals surface area contributed by atoms with E-state index < -0.39 is 24.2 Å². The minimum atomic E-state index is -5.53. The predicted molar refractivity (Wildman–Crippen MR) is 35.4 cm³/mol. The molecule has 1 unspecified atom stereocenters. The Kier molecular flexibility index (Phi) is 3.27. The van der Waals surface area contributed by atoms with E-state index in [0.29, 0.717) is 0 Å². The molecule has 0 aliphatic rings. The molecule has 0 bridgehead atoms. The molecule has 0 saturated heterocycles. The molecule has 0 nitrogen and oxygen atoms in total. The third-order valence-electron chi connectivity index (χ3n) is 1.74. The Labute approximate surface area is 71.9 Å². The second-order valence-electron chi connectivity index (χ2n) is 2.94. The fourth-order valence-corrected chi connectivity index (χ4v) is 0.955.